The molecule has 0 radical (unpaired) electrons. The third-order valence-electron chi connectivity index (χ3n) is 6.74. The van der Waals surface area contributed by atoms with Gasteiger partial charge in [-0.15, -0.1) is 0 Å². The van der Waals surface area contributed by atoms with Gasteiger partial charge in [0.1, 0.15) is 5.60 Å². The highest BCUT2D eigenvalue weighted by Crippen LogP contribution is 2.60. The number of hydrogen-bond acceptors (Lipinski definition) is 8. The summed E-state index contributed by atoms with van der Waals surface area (Å²) in [6, 6.07) is 0. The van der Waals surface area contributed by atoms with Crippen molar-refractivity contribution in [3.63, 3.8) is 0 Å². The number of rotatable bonds is 7. The van der Waals surface area contributed by atoms with Gasteiger partial charge in [-0.2, -0.15) is 0 Å². The van der Waals surface area contributed by atoms with Gasteiger partial charge in [0.15, 0.2) is 23.0 Å². The van der Waals surface area contributed by atoms with Crippen LogP contribution in [0.3, 0.4) is 0 Å². The molecule has 0 unspecified atom stereocenters. The normalized spacial score (nSPS) is 18.7. The lowest BCUT2D eigenvalue weighted by molar-refractivity contribution is -0.160. The third-order valence-corrected chi connectivity index (χ3v) is 8.42. The lowest BCUT2D eigenvalue weighted by Gasteiger charge is -2.39. The number of carbonyl (C=O) groups is 1. The predicted molar refractivity (Wildman–Crippen MR) is 143 cm³/mol. The van der Waals surface area contributed by atoms with Crippen LogP contribution >= 0.6 is 31.9 Å². The fourth-order valence-electron chi connectivity index (χ4n) is 4.92. The maximum absolute atomic E-state index is 12.2. The molecular weight excluding hydrogens is 600 g/mol. The summed E-state index contributed by atoms with van der Waals surface area (Å²) in [7, 11) is 9.40. The van der Waals surface area contributed by atoms with Gasteiger partial charge in [0, 0.05) is 30.4 Å². The predicted octanol–water partition coefficient (Wildman–Crippen LogP) is 5.99. The van der Waals surface area contributed by atoms with E-state index in [1.54, 1.807) is 42.7 Å². The van der Waals surface area contributed by atoms with Crippen LogP contribution < -0.4 is 28.4 Å². The lowest BCUT2D eigenvalue weighted by Crippen LogP contribution is -2.42. The van der Waals surface area contributed by atoms with Crippen molar-refractivity contribution < 1.29 is 38.0 Å². The van der Waals surface area contributed by atoms with Crippen LogP contribution in [0.5, 0.6) is 34.5 Å². The molecule has 0 spiro atoms. The third kappa shape index (κ3) is 4.47. The van der Waals surface area contributed by atoms with E-state index >= 15 is 0 Å². The van der Waals surface area contributed by atoms with Crippen LogP contribution in [-0.2, 0) is 22.4 Å². The number of ether oxygens (including phenoxy) is 7. The van der Waals surface area contributed by atoms with Crippen LogP contribution in [0.1, 0.15) is 31.9 Å². The average molecular weight is 632 g/mol. The molecule has 2 aromatic rings. The largest absolute Gasteiger partial charge is 0.492 e. The van der Waals surface area contributed by atoms with Crippen LogP contribution in [0.15, 0.2) is 8.95 Å². The molecule has 1 aliphatic rings. The monoisotopic (exact) mass is 630 g/mol. The van der Waals surface area contributed by atoms with Gasteiger partial charge >= 0.3 is 5.97 Å². The molecule has 2 atom stereocenters. The number of esters is 1. The van der Waals surface area contributed by atoms with E-state index in [9.17, 15) is 4.79 Å². The Bertz CT molecular complexity index is 1180. The second-order valence-corrected chi connectivity index (χ2v) is 10.3. The minimum absolute atomic E-state index is 0.0987. The van der Waals surface area contributed by atoms with Gasteiger partial charge in [-0.25, -0.2) is 0 Å². The molecule has 0 amide bonds. The number of benzene rings is 2. The minimum atomic E-state index is -0.856. The Kier molecular flexibility index (Phi) is 8.60. The second kappa shape index (κ2) is 11.0. The lowest BCUT2D eigenvalue weighted by atomic mass is 9.74. The summed E-state index contributed by atoms with van der Waals surface area (Å²) in [5.74, 6) is 2.27. The summed E-state index contributed by atoms with van der Waals surface area (Å²) in [6.45, 7) is 5.41. The van der Waals surface area contributed by atoms with E-state index in [0.717, 1.165) is 16.7 Å². The zero-order valence-corrected chi connectivity index (χ0v) is 25.2. The molecule has 8 nitrogen and oxygen atoms in total. The van der Waals surface area contributed by atoms with Crippen molar-refractivity contribution in [2.24, 2.45) is 5.92 Å². The van der Waals surface area contributed by atoms with Gasteiger partial charge in [0.25, 0.3) is 0 Å². The van der Waals surface area contributed by atoms with Crippen LogP contribution in [0.25, 0.3) is 11.1 Å². The molecule has 2 aromatic carbocycles. The van der Waals surface area contributed by atoms with Crippen molar-refractivity contribution in [1.82, 2.24) is 0 Å². The Balaban J connectivity index is 2.65. The molecule has 1 aliphatic carbocycles. The van der Waals surface area contributed by atoms with Crippen molar-refractivity contribution in [2.45, 2.75) is 39.2 Å². The molecule has 0 aromatic heterocycles. The zero-order valence-electron chi connectivity index (χ0n) is 22.0. The van der Waals surface area contributed by atoms with Gasteiger partial charge in [-0.1, -0.05) is 6.92 Å². The van der Waals surface area contributed by atoms with Gasteiger partial charge in [0.05, 0.1) is 51.6 Å². The Morgan fingerprint density at radius 2 is 1.11 bits per heavy atom. The first-order valence-electron chi connectivity index (χ1n) is 11.2. The number of hydrogen-bond donors (Lipinski definition) is 0. The minimum Gasteiger partial charge on any atom is -0.492 e. The maximum Gasteiger partial charge on any atom is 0.303 e. The first-order valence-corrected chi connectivity index (χ1v) is 12.8. The van der Waals surface area contributed by atoms with Crippen molar-refractivity contribution in [3.8, 4) is 45.6 Å². The second-order valence-electron chi connectivity index (χ2n) is 8.72. The van der Waals surface area contributed by atoms with E-state index in [4.69, 9.17) is 33.2 Å². The maximum atomic E-state index is 12.2. The summed E-state index contributed by atoms with van der Waals surface area (Å²) >= 11 is 7.51. The van der Waals surface area contributed by atoms with Crippen LogP contribution in [0.2, 0.25) is 0 Å². The molecule has 0 bridgehead atoms. The topological polar surface area (TPSA) is 81.7 Å². The van der Waals surface area contributed by atoms with Gasteiger partial charge in [0.2, 0.25) is 11.5 Å². The van der Waals surface area contributed by atoms with Crippen molar-refractivity contribution >= 4 is 37.8 Å². The van der Waals surface area contributed by atoms with E-state index < -0.39 is 5.60 Å². The van der Waals surface area contributed by atoms with Crippen LogP contribution in [-0.4, -0.2) is 54.2 Å². The molecule has 198 valence electrons. The Morgan fingerprint density at radius 1 is 0.722 bits per heavy atom. The van der Waals surface area contributed by atoms with Crippen molar-refractivity contribution in [1.29, 1.82) is 0 Å². The molecule has 3 rings (SSSR count). The van der Waals surface area contributed by atoms with E-state index in [-0.39, 0.29) is 11.9 Å². The number of halogens is 2. The smallest absolute Gasteiger partial charge is 0.303 e. The fraction of sp³-hybridized carbons (Fsp3) is 0.500. The number of methoxy groups -OCH3 is 6. The Morgan fingerprint density at radius 3 is 1.50 bits per heavy atom. The standard InChI is InChI=1S/C26H32Br2O8/c1-12-10-14-16(20(30-4)24(34-8)22(32-6)18(14)27)17-15(11-26(12,3)36-13(2)29)19(28)23(33-7)25(35-9)21(17)31-5/h12H,10-11H2,1-9H3/t12-,26-/m1/s1. The summed E-state index contributed by atoms with van der Waals surface area (Å²) in [6.07, 6.45) is 0.903. The van der Waals surface area contributed by atoms with E-state index in [1.165, 1.54) is 6.92 Å². The van der Waals surface area contributed by atoms with E-state index in [2.05, 4.69) is 38.8 Å². The molecular formula is C26H32Br2O8. The Hall–Kier alpha value is -2.33. The highest BCUT2D eigenvalue weighted by molar-refractivity contribution is 9.11. The summed E-state index contributed by atoms with van der Waals surface area (Å²) in [5, 5.41) is 0. The molecule has 0 fully saturated rings. The van der Waals surface area contributed by atoms with Gasteiger partial charge in [-0.3, -0.25) is 4.79 Å². The average Bonchev–Trinajstić information content (AvgIpc) is 2.84. The van der Waals surface area contributed by atoms with Crippen molar-refractivity contribution in [3.05, 3.63) is 20.1 Å². The van der Waals surface area contributed by atoms with E-state index in [0.29, 0.717) is 61.8 Å². The fourth-order valence-corrected chi connectivity index (χ4v) is 6.31. The SMILES string of the molecule is COc1c(Br)c2c(c(OC)c1OC)-c1c(c(Br)c(OC)c(OC)c1OC)C[C@@](C)(OC(C)=O)[C@H](C)C2. The Labute approximate surface area is 228 Å². The molecule has 0 N–H and O–H groups in total. The number of carbonyl (C=O) groups excluding carboxylic acids is 1. The van der Waals surface area contributed by atoms with E-state index in [1.807, 2.05) is 6.92 Å². The first-order chi connectivity index (χ1) is 17.0. The van der Waals surface area contributed by atoms with Crippen molar-refractivity contribution in [2.75, 3.05) is 42.7 Å². The molecule has 0 aliphatic heterocycles. The molecule has 10 heteroatoms. The highest BCUT2D eigenvalue weighted by atomic mass is 79.9. The zero-order chi connectivity index (χ0) is 26.9. The molecule has 0 saturated heterocycles. The molecule has 0 saturated carbocycles. The summed E-state index contributed by atoms with van der Waals surface area (Å²) < 4.78 is 42.2. The number of fused-ring (bicyclic) bond motifs is 3. The first kappa shape index (κ1) is 28.2. The highest BCUT2D eigenvalue weighted by Gasteiger charge is 2.43. The van der Waals surface area contributed by atoms with Crippen LogP contribution in [0.4, 0.5) is 0 Å². The summed E-state index contributed by atoms with van der Waals surface area (Å²) in [4.78, 5) is 12.2. The van der Waals surface area contributed by atoms with Gasteiger partial charge < -0.3 is 33.2 Å². The molecule has 0 heterocycles. The van der Waals surface area contributed by atoms with Crippen LogP contribution in [0, 0.1) is 5.92 Å². The quantitative estimate of drug-likeness (QED) is 0.345. The van der Waals surface area contributed by atoms with Gasteiger partial charge in [-0.05, 0) is 56.3 Å². The summed E-state index contributed by atoms with van der Waals surface area (Å²) in [5.41, 5.74) is 2.30. The molecule has 36 heavy (non-hydrogen) atoms.